The van der Waals surface area contributed by atoms with Crippen LogP contribution in [0.3, 0.4) is 0 Å². The van der Waals surface area contributed by atoms with Crippen LogP contribution in [0, 0.1) is 4.77 Å². The Hall–Kier alpha value is -2.48. The molecule has 2 amide bonds. The van der Waals surface area contributed by atoms with E-state index in [0.717, 1.165) is 37.1 Å². The summed E-state index contributed by atoms with van der Waals surface area (Å²) < 4.78 is 2.28. The third-order valence-electron chi connectivity index (χ3n) is 4.71. The molecule has 0 bridgehead atoms. The molecule has 7 nitrogen and oxygen atoms in total. The van der Waals surface area contributed by atoms with Gasteiger partial charge in [-0.1, -0.05) is 19.1 Å². The van der Waals surface area contributed by atoms with Crippen LogP contribution in [0.4, 0.5) is 0 Å². The molecule has 0 radical (unpaired) electrons. The monoisotopic (exact) mass is 387 g/mol. The normalized spacial score (nSPS) is 13.4. The summed E-state index contributed by atoms with van der Waals surface area (Å²) in [4.78, 5) is 26.6. The average Bonchev–Trinajstić information content (AvgIpc) is 3.46. The van der Waals surface area contributed by atoms with Crippen molar-refractivity contribution >= 4 is 24.0 Å². The van der Waals surface area contributed by atoms with E-state index in [-0.39, 0.29) is 24.4 Å². The average molecular weight is 388 g/mol. The first-order valence-electron chi connectivity index (χ1n) is 9.28. The molecule has 1 aliphatic rings. The quantitative estimate of drug-likeness (QED) is 0.682. The lowest BCUT2D eigenvalue weighted by Crippen LogP contribution is -2.35. The van der Waals surface area contributed by atoms with Crippen molar-refractivity contribution in [3.63, 3.8) is 0 Å². The zero-order chi connectivity index (χ0) is 19.4. The first-order valence-corrected chi connectivity index (χ1v) is 9.68. The Balaban J connectivity index is 1.72. The van der Waals surface area contributed by atoms with E-state index in [1.807, 2.05) is 17.0 Å². The van der Waals surface area contributed by atoms with Crippen molar-refractivity contribution in [3.8, 4) is 0 Å². The Labute approximate surface area is 163 Å². The maximum atomic E-state index is 13.0. The fourth-order valence-corrected chi connectivity index (χ4v) is 3.28. The number of aryl methyl sites for hydroxylation is 1. The van der Waals surface area contributed by atoms with Gasteiger partial charge in [0.05, 0.1) is 0 Å². The SMILES string of the molecule is CCCc1n[nH]c(=S)n1CC(=O)N(Cc1ccc(C(=O)NC)cc1)C1CC1. The van der Waals surface area contributed by atoms with Crippen LogP contribution in [0.1, 0.15) is 47.9 Å². The van der Waals surface area contributed by atoms with Crippen molar-refractivity contribution in [2.24, 2.45) is 0 Å². The molecule has 144 valence electrons. The van der Waals surface area contributed by atoms with Crippen LogP contribution in [0.25, 0.3) is 0 Å². The molecule has 8 heteroatoms. The fourth-order valence-electron chi connectivity index (χ4n) is 3.06. The van der Waals surface area contributed by atoms with Gasteiger partial charge in [-0.05, 0) is 49.2 Å². The van der Waals surface area contributed by atoms with E-state index in [0.29, 0.717) is 16.9 Å². The molecule has 2 N–H and O–H groups in total. The summed E-state index contributed by atoms with van der Waals surface area (Å²) in [5.74, 6) is 0.749. The maximum absolute atomic E-state index is 13.0. The Morgan fingerprint density at radius 1 is 1.33 bits per heavy atom. The van der Waals surface area contributed by atoms with Crippen molar-refractivity contribution in [1.82, 2.24) is 25.0 Å². The van der Waals surface area contributed by atoms with E-state index in [4.69, 9.17) is 12.2 Å². The molecule has 1 aromatic carbocycles. The van der Waals surface area contributed by atoms with Gasteiger partial charge in [0, 0.05) is 31.6 Å². The number of nitrogens with one attached hydrogen (secondary N) is 2. The number of aromatic amines is 1. The third-order valence-corrected chi connectivity index (χ3v) is 5.02. The van der Waals surface area contributed by atoms with Crippen LogP contribution in [-0.4, -0.2) is 44.6 Å². The number of benzene rings is 1. The number of amides is 2. The molecular weight excluding hydrogens is 362 g/mol. The molecule has 27 heavy (non-hydrogen) atoms. The largest absolute Gasteiger partial charge is 0.355 e. The minimum Gasteiger partial charge on any atom is -0.355 e. The van der Waals surface area contributed by atoms with E-state index in [1.54, 1.807) is 23.7 Å². The smallest absolute Gasteiger partial charge is 0.251 e. The van der Waals surface area contributed by atoms with Gasteiger partial charge in [-0.15, -0.1) is 0 Å². The summed E-state index contributed by atoms with van der Waals surface area (Å²) >= 11 is 5.29. The number of carbonyl (C=O) groups excluding carboxylic acids is 2. The van der Waals surface area contributed by atoms with Gasteiger partial charge in [0.1, 0.15) is 12.4 Å². The molecule has 0 unspecified atom stereocenters. The van der Waals surface area contributed by atoms with Gasteiger partial charge in [0.15, 0.2) is 4.77 Å². The van der Waals surface area contributed by atoms with Crippen molar-refractivity contribution < 1.29 is 9.59 Å². The van der Waals surface area contributed by atoms with Crippen LogP contribution in [-0.2, 0) is 24.3 Å². The van der Waals surface area contributed by atoms with Crippen molar-refractivity contribution in [2.45, 2.75) is 51.7 Å². The van der Waals surface area contributed by atoms with Gasteiger partial charge < -0.3 is 10.2 Å². The van der Waals surface area contributed by atoms with E-state index >= 15 is 0 Å². The number of rotatable bonds is 8. The predicted molar refractivity (Wildman–Crippen MR) is 105 cm³/mol. The molecule has 0 aliphatic heterocycles. The van der Waals surface area contributed by atoms with Gasteiger partial charge in [0.25, 0.3) is 5.91 Å². The highest BCUT2D eigenvalue weighted by molar-refractivity contribution is 7.71. The lowest BCUT2D eigenvalue weighted by Gasteiger charge is -2.23. The van der Waals surface area contributed by atoms with Gasteiger partial charge in [-0.2, -0.15) is 5.10 Å². The van der Waals surface area contributed by atoms with Crippen LogP contribution < -0.4 is 5.32 Å². The summed E-state index contributed by atoms with van der Waals surface area (Å²) in [6, 6.07) is 7.66. The molecule has 2 aromatic rings. The Morgan fingerprint density at radius 2 is 2.04 bits per heavy atom. The van der Waals surface area contributed by atoms with E-state index in [9.17, 15) is 9.59 Å². The molecule has 1 aliphatic carbocycles. The summed E-state index contributed by atoms with van der Waals surface area (Å²) in [5.41, 5.74) is 1.62. The number of hydrogen-bond acceptors (Lipinski definition) is 4. The minimum absolute atomic E-state index is 0.0442. The van der Waals surface area contributed by atoms with Crippen LogP contribution in [0.2, 0.25) is 0 Å². The summed E-state index contributed by atoms with van der Waals surface area (Å²) in [7, 11) is 1.61. The van der Waals surface area contributed by atoms with E-state index in [1.165, 1.54) is 0 Å². The predicted octanol–water partition coefficient (Wildman–Crippen LogP) is 2.44. The zero-order valence-electron chi connectivity index (χ0n) is 15.7. The lowest BCUT2D eigenvalue weighted by atomic mass is 10.1. The highest BCUT2D eigenvalue weighted by Gasteiger charge is 2.32. The van der Waals surface area contributed by atoms with Crippen LogP contribution in [0.5, 0.6) is 0 Å². The maximum Gasteiger partial charge on any atom is 0.251 e. The number of nitrogens with zero attached hydrogens (tertiary/aromatic N) is 3. The molecule has 1 aromatic heterocycles. The number of hydrogen-bond donors (Lipinski definition) is 2. The standard InChI is InChI=1S/C19H25N5O2S/c1-3-4-16-21-22-19(27)24(16)12-17(25)23(15-9-10-15)11-13-5-7-14(8-6-13)18(26)20-2/h5-8,15H,3-4,9-12H2,1-2H3,(H,20,26)(H,22,27). The van der Waals surface area contributed by atoms with Gasteiger partial charge >= 0.3 is 0 Å². The van der Waals surface area contributed by atoms with Crippen LogP contribution in [0.15, 0.2) is 24.3 Å². The van der Waals surface area contributed by atoms with E-state index < -0.39 is 0 Å². The molecule has 3 rings (SSSR count). The van der Waals surface area contributed by atoms with Gasteiger partial charge in [-0.3, -0.25) is 19.3 Å². The summed E-state index contributed by atoms with van der Waals surface area (Å²) in [5, 5.41) is 9.63. The number of aromatic nitrogens is 3. The van der Waals surface area contributed by atoms with Crippen molar-refractivity contribution in [3.05, 3.63) is 46.0 Å². The Bertz CT molecular complexity index is 867. The highest BCUT2D eigenvalue weighted by Crippen LogP contribution is 2.29. The van der Waals surface area contributed by atoms with Crippen molar-refractivity contribution in [2.75, 3.05) is 7.05 Å². The Kier molecular flexibility index (Phi) is 6.05. The van der Waals surface area contributed by atoms with Gasteiger partial charge in [0.2, 0.25) is 5.91 Å². The summed E-state index contributed by atoms with van der Waals surface area (Å²) in [6.45, 7) is 2.81. The second kappa shape index (κ2) is 8.47. The topological polar surface area (TPSA) is 83.0 Å². The lowest BCUT2D eigenvalue weighted by molar-refractivity contribution is -0.133. The molecule has 0 spiro atoms. The number of H-pyrrole nitrogens is 1. The Morgan fingerprint density at radius 3 is 2.63 bits per heavy atom. The van der Waals surface area contributed by atoms with Crippen LogP contribution >= 0.6 is 12.2 Å². The third kappa shape index (κ3) is 4.63. The molecule has 0 atom stereocenters. The molecule has 1 heterocycles. The first kappa shape index (κ1) is 19.3. The molecule has 0 saturated heterocycles. The molecule has 1 saturated carbocycles. The zero-order valence-corrected chi connectivity index (χ0v) is 16.5. The second-order valence-electron chi connectivity index (χ2n) is 6.81. The molecule has 1 fully saturated rings. The fraction of sp³-hybridized carbons (Fsp3) is 0.474. The second-order valence-corrected chi connectivity index (χ2v) is 7.20. The van der Waals surface area contributed by atoms with Crippen molar-refractivity contribution in [1.29, 1.82) is 0 Å². The highest BCUT2D eigenvalue weighted by atomic mass is 32.1. The van der Waals surface area contributed by atoms with Gasteiger partial charge in [-0.25, -0.2) is 0 Å². The number of carbonyl (C=O) groups is 2. The van der Waals surface area contributed by atoms with E-state index in [2.05, 4.69) is 22.4 Å². The minimum atomic E-state index is -0.116. The summed E-state index contributed by atoms with van der Waals surface area (Å²) in [6.07, 6.45) is 3.78. The molecular formula is C19H25N5O2S. The first-order chi connectivity index (χ1) is 13.0.